The Hall–Kier alpha value is -3.34. The number of ether oxygens (including phenoxy) is 1. The number of hydrogen-bond acceptors (Lipinski definition) is 6. The molecule has 236 valence electrons. The molecule has 2 aliphatic rings. The largest absolute Gasteiger partial charge is 0.451 e. The van der Waals surface area contributed by atoms with Crippen molar-refractivity contribution in [1.29, 1.82) is 0 Å². The lowest BCUT2D eigenvalue weighted by Crippen LogP contribution is -2.53. The predicted octanol–water partition coefficient (Wildman–Crippen LogP) is 4.48. The minimum atomic E-state index is -5.31. The number of halogens is 9. The fourth-order valence-electron chi connectivity index (χ4n) is 4.60. The van der Waals surface area contributed by atoms with Gasteiger partial charge in [-0.1, -0.05) is 0 Å². The number of likely N-dealkylation sites (tertiary alicyclic amines) is 1. The average Bonchev–Trinajstić information content (AvgIpc) is 2.81. The van der Waals surface area contributed by atoms with E-state index in [9.17, 15) is 53.9 Å². The second kappa shape index (κ2) is 11.7. The van der Waals surface area contributed by atoms with Crippen LogP contribution in [0.15, 0.2) is 0 Å². The number of nitrogens with one attached hydrogen (secondary N) is 1. The van der Waals surface area contributed by atoms with Gasteiger partial charge in [-0.05, 0) is 33.6 Å². The summed E-state index contributed by atoms with van der Waals surface area (Å²) < 4.78 is 125. The van der Waals surface area contributed by atoms with Gasteiger partial charge in [0.05, 0.1) is 24.2 Å². The van der Waals surface area contributed by atoms with E-state index in [4.69, 9.17) is 4.74 Å². The Balaban J connectivity index is 1.84. The molecule has 1 fully saturated rings. The zero-order chi connectivity index (χ0) is 31.8. The molecule has 0 spiro atoms. The highest BCUT2D eigenvalue weighted by Gasteiger charge is 2.45. The molecule has 0 bridgehead atoms. The molecule has 1 aromatic rings. The Kier molecular flexibility index (Phi) is 9.27. The van der Waals surface area contributed by atoms with Crippen molar-refractivity contribution in [2.75, 3.05) is 19.6 Å². The lowest BCUT2D eigenvalue weighted by Gasteiger charge is -2.36. The highest BCUT2D eigenvalue weighted by Crippen LogP contribution is 2.37. The van der Waals surface area contributed by atoms with Crippen LogP contribution in [-0.2, 0) is 39.6 Å². The van der Waals surface area contributed by atoms with E-state index in [0.717, 1.165) is 9.80 Å². The van der Waals surface area contributed by atoms with Crippen LogP contribution in [-0.4, -0.2) is 75.1 Å². The van der Waals surface area contributed by atoms with Gasteiger partial charge in [-0.15, -0.1) is 0 Å². The van der Waals surface area contributed by atoms with Crippen LogP contribution in [0.3, 0.4) is 0 Å². The van der Waals surface area contributed by atoms with Gasteiger partial charge in [-0.25, -0.2) is 14.8 Å². The first-order chi connectivity index (χ1) is 19.0. The summed E-state index contributed by atoms with van der Waals surface area (Å²) in [6.45, 7) is 2.18. The van der Waals surface area contributed by atoms with E-state index < -0.39 is 122 Å². The molecule has 3 heterocycles. The minimum absolute atomic E-state index is 0.373. The zero-order valence-corrected chi connectivity index (χ0v) is 22.6. The molecule has 42 heavy (non-hydrogen) atoms. The first-order valence-corrected chi connectivity index (χ1v) is 12.7. The van der Waals surface area contributed by atoms with Gasteiger partial charge < -0.3 is 19.9 Å². The van der Waals surface area contributed by atoms with E-state index in [-0.39, 0.29) is 6.54 Å². The molecule has 3 rings (SSSR count). The van der Waals surface area contributed by atoms with Crippen LogP contribution in [0.1, 0.15) is 62.8 Å². The normalized spacial score (nSPS) is 19.3. The summed E-state index contributed by atoms with van der Waals surface area (Å²) in [6.07, 6.45) is -18.2. The highest BCUT2D eigenvalue weighted by atomic mass is 19.4. The first-order valence-electron chi connectivity index (χ1n) is 12.7. The van der Waals surface area contributed by atoms with Gasteiger partial charge in [-0.3, -0.25) is 9.59 Å². The Bertz CT molecular complexity index is 1190. The zero-order valence-electron chi connectivity index (χ0n) is 22.6. The molecule has 1 N–H and O–H groups in total. The molecule has 1 saturated heterocycles. The van der Waals surface area contributed by atoms with Crippen LogP contribution in [0, 0.1) is 5.92 Å². The van der Waals surface area contributed by atoms with E-state index in [0.29, 0.717) is 0 Å². The Labute approximate surface area is 233 Å². The summed E-state index contributed by atoms with van der Waals surface area (Å²) >= 11 is 0. The van der Waals surface area contributed by atoms with Gasteiger partial charge in [0, 0.05) is 38.0 Å². The lowest BCUT2D eigenvalue weighted by atomic mass is 9.96. The molecule has 0 aromatic carbocycles. The standard InChI is InChI=1S/C24H28F9N5O4/c1-21(2,3)42-20(41)34-13(10-38-9-12(22(25,26)27)4-5-16(38)39)8-17(40)37-7-6-14-15(11-37)35-19(24(31,32)33)36-18(14)23(28,29)30/h12-13H,4-11H2,1-3H3,(H,34,41)/t12?,13-/m0/s1. The number of hydrogen-bond donors (Lipinski definition) is 1. The van der Waals surface area contributed by atoms with Crippen LogP contribution >= 0.6 is 0 Å². The second-order valence-corrected chi connectivity index (χ2v) is 11.0. The number of alkyl halides is 9. The lowest BCUT2D eigenvalue weighted by molar-refractivity contribution is -0.189. The van der Waals surface area contributed by atoms with Crippen molar-refractivity contribution in [2.45, 2.75) is 83.2 Å². The van der Waals surface area contributed by atoms with Gasteiger partial charge in [0.15, 0.2) is 5.69 Å². The van der Waals surface area contributed by atoms with Gasteiger partial charge >= 0.3 is 24.6 Å². The van der Waals surface area contributed by atoms with E-state index in [1.807, 2.05) is 0 Å². The third kappa shape index (κ3) is 8.59. The number of fused-ring (bicyclic) bond motifs is 1. The number of rotatable bonds is 5. The van der Waals surface area contributed by atoms with Gasteiger partial charge in [0.1, 0.15) is 5.60 Å². The summed E-state index contributed by atoms with van der Waals surface area (Å²) in [5, 5.41) is 2.34. The molecule has 0 radical (unpaired) electrons. The molecule has 0 saturated carbocycles. The predicted molar refractivity (Wildman–Crippen MR) is 124 cm³/mol. The summed E-state index contributed by atoms with van der Waals surface area (Å²) in [5.74, 6) is -5.38. The number of alkyl carbamates (subject to hydrolysis) is 1. The van der Waals surface area contributed by atoms with E-state index >= 15 is 0 Å². The fourth-order valence-corrected chi connectivity index (χ4v) is 4.60. The maximum absolute atomic E-state index is 13.5. The molecule has 1 aromatic heterocycles. The number of piperidine rings is 1. The highest BCUT2D eigenvalue weighted by molar-refractivity contribution is 5.79. The van der Waals surface area contributed by atoms with Crippen LogP contribution in [0.5, 0.6) is 0 Å². The third-order valence-electron chi connectivity index (χ3n) is 6.49. The summed E-state index contributed by atoms with van der Waals surface area (Å²) in [4.78, 5) is 45.6. The van der Waals surface area contributed by atoms with E-state index in [2.05, 4.69) is 15.3 Å². The van der Waals surface area contributed by atoms with Crippen molar-refractivity contribution in [2.24, 2.45) is 5.92 Å². The second-order valence-electron chi connectivity index (χ2n) is 11.0. The SMILES string of the molecule is CC(C)(C)OC(=O)N[C@@H](CC(=O)N1CCc2c(nc(C(F)(F)F)nc2C(F)(F)F)C1)CN1CC(C(F)(F)F)CCC1=O. The quantitative estimate of drug-likeness (QED) is 0.487. The number of carbonyl (C=O) groups excluding carboxylic acids is 3. The number of nitrogens with zero attached hydrogens (tertiary/aromatic N) is 4. The van der Waals surface area contributed by atoms with Crippen molar-refractivity contribution in [3.05, 3.63) is 22.8 Å². The maximum atomic E-state index is 13.5. The number of aromatic nitrogens is 2. The Morgan fingerprint density at radius 3 is 2.19 bits per heavy atom. The molecule has 3 amide bonds. The summed E-state index contributed by atoms with van der Waals surface area (Å²) in [6, 6.07) is -1.30. The number of carbonyl (C=O) groups is 3. The van der Waals surface area contributed by atoms with Crippen LogP contribution in [0.4, 0.5) is 44.3 Å². The molecule has 1 unspecified atom stereocenters. The first kappa shape index (κ1) is 33.2. The molecule has 0 aliphatic carbocycles. The van der Waals surface area contributed by atoms with E-state index in [1.54, 1.807) is 0 Å². The van der Waals surface area contributed by atoms with E-state index in [1.165, 1.54) is 20.8 Å². The molecule has 18 heteroatoms. The van der Waals surface area contributed by atoms with Crippen molar-refractivity contribution < 1.29 is 58.6 Å². The maximum Gasteiger partial charge on any atom is 0.451 e. The molecule has 2 aliphatic heterocycles. The fraction of sp³-hybridized carbons (Fsp3) is 0.708. The smallest absolute Gasteiger partial charge is 0.444 e. The average molecular weight is 622 g/mol. The van der Waals surface area contributed by atoms with Crippen molar-refractivity contribution >= 4 is 17.9 Å². The molecule has 9 nitrogen and oxygen atoms in total. The molecular weight excluding hydrogens is 593 g/mol. The van der Waals surface area contributed by atoms with Crippen molar-refractivity contribution in [3.8, 4) is 0 Å². The van der Waals surface area contributed by atoms with Gasteiger partial charge in [0.25, 0.3) is 0 Å². The summed E-state index contributed by atoms with van der Waals surface area (Å²) in [5.41, 5.74) is -4.04. The van der Waals surface area contributed by atoms with Gasteiger partial charge in [0.2, 0.25) is 17.6 Å². The monoisotopic (exact) mass is 621 g/mol. The van der Waals surface area contributed by atoms with Crippen molar-refractivity contribution in [3.63, 3.8) is 0 Å². The molecular formula is C24H28F9N5O4. The van der Waals surface area contributed by atoms with Gasteiger partial charge in [-0.2, -0.15) is 39.5 Å². The Morgan fingerprint density at radius 1 is 1.00 bits per heavy atom. The van der Waals surface area contributed by atoms with Crippen molar-refractivity contribution in [1.82, 2.24) is 25.1 Å². The summed E-state index contributed by atoms with van der Waals surface area (Å²) in [7, 11) is 0. The molecule has 2 atom stereocenters. The minimum Gasteiger partial charge on any atom is -0.444 e. The third-order valence-corrected chi connectivity index (χ3v) is 6.49. The Morgan fingerprint density at radius 2 is 1.64 bits per heavy atom. The van der Waals surface area contributed by atoms with Crippen LogP contribution < -0.4 is 5.32 Å². The van der Waals surface area contributed by atoms with Crippen LogP contribution in [0.25, 0.3) is 0 Å². The number of amides is 3. The van der Waals surface area contributed by atoms with Crippen LogP contribution in [0.2, 0.25) is 0 Å². The topological polar surface area (TPSA) is 105 Å².